The predicted molar refractivity (Wildman–Crippen MR) is 81.9 cm³/mol. The first-order chi connectivity index (χ1) is 10.1. The van der Waals surface area contributed by atoms with E-state index in [0.29, 0.717) is 6.42 Å². The van der Waals surface area contributed by atoms with Gasteiger partial charge in [-0.2, -0.15) is 5.10 Å². The van der Waals surface area contributed by atoms with Gasteiger partial charge in [0.1, 0.15) is 0 Å². The largest absolute Gasteiger partial charge is 0.326 e. The molecule has 2 aromatic rings. The van der Waals surface area contributed by atoms with Crippen LogP contribution in [0.1, 0.15) is 36.1 Å². The lowest BCUT2D eigenvalue weighted by Crippen LogP contribution is -2.21. The number of hydrogen-bond acceptors (Lipinski definition) is 3. The van der Waals surface area contributed by atoms with Crippen LogP contribution in [0.25, 0.3) is 0 Å². The zero-order chi connectivity index (χ0) is 14.8. The van der Waals surface area contributed by atoms with Crippen LogP contribution in [-0.4, -0.2) is 15.7 Å². The standard InChI is InChI=1S/C16H20N4O/c1-11(17-8-12-9-18-20(2)10-12)13-3-5-15-14(7-13)4-6-16(21)19-15/h3,5,7,9-11,17H,4,6,8H2,1-2H3,(H,19,21). The van der Waals surface area contributed by atoms with Crippen LogP contribution in [0.3, 0.4) is 0 Å². The molecule has 21 heavy (non-hydrogen) atoms. The summed E-state index contributed by atoms with van der Waals surface area (Å²) in [5.74, 6) is 0.109. The Hall–Kier alpha value is -2.14. The average molecular weight is 284 g/mol. The molecule has 1 unspecified atom stereocenters. The van der Waals surface area contributed by atoms with E-state index in [4.69, 9.17) is 0 Å². The highest BCUT2D eigenvalue weighted by Gasteiger charge is 2.16. The molecule has 1 aromatic heterocycles. The summed E-state index contributed by atoms with van der Waals surface area (Å²) in [5, 5.41) is 10.6. The Kier molecular flexibility index (Phi) is 3.75. The third-order valence-electron chi connectivity index (χ3n) is 3.90. The van der Waals surface area contributed by atoms with E-state index in [1.54, 1.807) is 0 Å². The van der Waals surface area contributed by atoms with Gasteiger partial charge in [-0.3, -0.25) is 9.48 Å². The van der Waals surface area contributed by atoms with Crippen molar-refractivity contribution in [2.45, 2.75) is 32.4 Å². The molecule has 5 heteroatoms. The number of hydrogen-bond donors (Lipinski definition) is 2. The zero-order valence-electron chi connectivity index (χ0n) is 12.4. The molecule has 1 aromatic carbocycles. The number of aryl methyl sites for hydroxylation is 2. The van der Waals surface area contributed by atoms with E-state index in [2.05, 4.69) is 34.8 Å². The highest BCUT2D eigenvalue weighted by Crippen LogP contribution is 2.26. The molecule has 1 atom stereocenters. The van der Waals surface area contributed by atoms with Crippen molar-refractivity contribution in [1.82, 2.24) is 15.1 Å². The molecule has 1 amide bonds. The van der Waals surface area contributed by atoms with Crippen molar-refractivity contribution in [2.75, 3.05) is 5.32 Å². The summed E-state index contributed by atoms with van der Waals surface area (Å²) < 4.78 is 1.81. The zero-order valence-corrected chi connectivity index (χ0v) is 12.4. The quantitative estimate of drug-likeness (QED) is 0.904. The lowest BCUT2D eigenvalue weighted by Gasteiger charge is -2.20. The Labute approximate surface area is 124 Å². The van der Waals surface area contributed by atoms with E-state index in [-0.39, 0.29) is 11.9 Å². The molecule has 110 valence electrons. The molecular weight excluding hydrogens is 264 g/mol. The molecule has 0 aliphatic carbocycles. The smallest absolute Gasteiger partial charge is 0.224 e. The first kappa shape index (κ1) is 13.8. The number of carbonyl (C=O) groups is 1. The Morgan fingerprint density at radius 1 is 1.43 bits per heavy atom. The molecule has 0 saturated heterocycles. The molecule has 0 spiro atoms. The number of aromatic nitrogens is 2. The minimum atomic E-state index is 0.109. The number of nitrogens with one attached hydrogen (secondary N) is 2. The van der Waals surface area contributed by atoms with Crippen LogP contribution in [0, 0.1) is 0 Å². The number of anilines is 1. The first-order valence-electron chi connectivity index (χ1n) is 7.25. The van der Waals surface area contributed by atoms with Crippen LogP contribution in [0.5, 0.6) is 0 Å². The van der Waals surface area contributed by atoms with Gasteiger partial charge in [0.05, 0.1) is 6.20 Å². The molecule has 0 fully saturated rings. The van der Waals surface area contributed by atoms with Gasteiger partial charge in [-0.25, -0.2) is 0 Å². The summed E-state index contributed by atoms with van der Waals surface area (Å²) >= 11 is 0. The van der Waals surface area contributed by atoms with Crippen LogP contribution in [0.15, 0.2) is 30.6 Å². The number of amides is 1. The lowest BCUT2D eigenvalue weighted by atomic mass is 9.98. The second-order valence-corrected chi connectivity index (χ2v) is 5.59. The van der Waals surface area contributed by atoms with Gasteiger partial charge in [-0.05, 0) is 30.5 Å². The molecule has 0 bridgehead atoms. The minimum Gasteiger partial charge on any atom is -0.326 e. The van der Waals surface area contributed by atoms with E-state index >= 15 is 0 Å². The maximum Gasteiger partial charge on any atom is 0.224 e. The molecule has 1 aliphatic heterocycles. The summed E-state index contributed by atoms with van der Waals surface area (Å²) in [6.07, 6.45) is 5.29. The van der Waals surface area contributed by atoms with Gasteiger partial charge >= 0.3 is 0 Å². The van der Waals surface area contributed by atoms with E-state index in [0.717, 1.165) is 18.7 Å². The van der Waals surface area contributed by atoms with Crippen molar-refractivity contribution in [3.63, 3.8) is 0 Å². The van der Waals surface area contributed by atoms with Crippen molar-refractivity contribution in [1.29, 1.82) is 0 Å². The van der Waals surface area contributed by atoms with Crippen LogP contribution in [0.4, 0.5) is 5.69 Å². The monoisotopic (exact) mass is 284 g/mol. The number of nitrogens with zero attached hydrogens (tertiary/aromatic N) is 2. The van der Waals surface area contributed by atoms with Gasteiger partial charge in [-0.15, -0.1) is 0 Å². The second kappa shape index (κ2) is 5.69. The lowest BCUT2D eigenvalue weighted by molar-refractivity contribution is -0.116. The summed E-state index contributed by atoms with van der Waals surface area (Å²) in [4.78, 5) is 11.4. The van der Waals surface area contributed by atoms with Gasteiger partial charge in [0, 0.05) is 43.5 Å². The molecular formula is C16H20N4O. The fraction of sp³-hybridized carbons (Fsp3) is 0.375. The molecule has 0 saturated carbocycles. The molecule has 3 rings (SSSR count). The van der Waals surface area contributed by atoms with Crippen molar-refractivity contribution in [2.24, 2.45) is 7.05 Å². The Morgan fingerprint density at radius 2 is 2.29 bits per heavy atom. The molecule has 2 heterocycles. The Balaban J connectivity index is 1.67. The predicted octanol–water partition coefficient (Wildman–Crippen LogP) is 2.16. The fourth-order valence-electron chi connectivity index (χ4n) is 2.62. The van der Waals surface area contributed by atoms with Gasteiger partial charge in [-0.1, -0.05) is 12.1 Å². The Bertz CT molecular complexity index is 662. The third-order valence-corrected chi connectivity index (χ3v) is 3.90. The SMILES string of the molecule is CC(NCc1cnn(C)c1)c1ccc2c(c1)CCC(=O)N2. The number of rotatable bonds is 4. The van der Waals surface area contributed by atoms with Gasteiger partial charge in [0.2, 0.25) is 5.91 Å². The first-order valence-corrected chi connectivity index (χ1v) is 7.25. The van der Waals surface area contributed by atoms with Crippen LogP contribution >= 0.6 is 0 Å². The summed E-state index contributed by atoms with van der Waals surface area (Å²) in [7, 11) is 1.92. The Morgan fingerprint density at radius 3 is 3.05 bits per heavy atom. The maximum absolute atomic E-state index is 11.4. The van der Waals surface area contributed by atoms with E-state index in [1.807, 2.05) is 30.2 Å². The van der Waals surface area contributed by atoms with E-state index in [1.165, 1.54) is 16.7 Å². The van der Waals surface area contributed by atoms with Gasteiger partial charge < -0.3 is 10.6 Å². The molecule has 5 nitrogen and oxygen atoms in total. The van der Waals surface area contributed by atoms with Crippen molar-refractivity contribution in [3.05, 3.63) is 47.3 Å². The second-order valence-electron chi connectivity index (χ2n) is 5.59. The third kappa shape index (κ3) is 3.13. The average Bonchev–Trinajstić information content (AvgIpc) is 2.90. The van der Waals surface area contributed by atoms with Crippen molar-refractivity contribution < 1.29 is 4.79 Å². The minimum absolute atomic E-state index is 0.109. The normalized spacial score (nSPS) is 15.4. The van der Waals surface area contributed by atoms with Crippen molar-refractivity contribution in [3.8, 4) is 0 Å². The van der Waals surface area contributed by atoms with Gasteiger partial charge in [0.15, 0.2) is 0 Å². The number of benzene rings is 1. The fourth-order valence-corrected chi connectivity index (χ4v) is 2.62. The van der Waals surface area contributed by atoms with Gasteiger partial charge in [0.25, 0.3) is 0 Å². The van der Waals surface area contributed by atoms with E-state index in [9.17, 15) is 4.79 Å². The maximum atomic E-state index is 11.4. The van der Waals surface area contributed by atoms with Crippen LogP contribution in [0.2, 0.25) is 0 Å². The van der Waals surface area contributed by atoms with E-state index < -0.39 is 0 Å². The summed E-state index contributed by atoms with van der Waals surface area (Å²) in [6, 6.07) is 6.53. The van der Waals surface area contributed by atoms with Crippen LogP contribution < -0.4 is 10.6 Å². The summed E-state index contributed by atoms with van der Waals surface area (Å²) in [5.41, 5.74) is 4.60. The summed E-state index contributed by atoms with van der Waals surface area (Å²) in [6.45, 7) is 2.95. The number of fused-ring (bicyclic) bond motifs is 1. The highest BCUT2D eigenvalue weighted by molar-refractivity contribution is 5.93. The number of carbonyl (C=O) groups excluding carboxylic acids is 1. The molecule has 1 aliphatic rings. The highest BCUT2D eigenvalue weighted by atomic mass is 16.1. The van der Waals surface area contributed by atoms with Crippen molar-refractivity contribution >= 4 is 11.6 Å². The molecule has 2 N–H and O–H groups in total. The molecule has 0 radical (unpaired) electrons. The topological polar surface area (TPSA) is 59.0 Å². The van der Waals surface area contributed by atoms with Crippen LogP contribution in [-0.2, 0) is 24.8 Å².